The largest absolute Gasteiger partial charge is 0.369 e. The number of nitrogens with two attached hydrogens (primary N) is 2. The second-order valence-electron chi connectivity index (χ2n) is 4.76. The van der Waals surface area contributed by atoms with Gasteiger partial charge in [-0.1, -0.05) is 12.1 Å². The van der Waals surface area contributed by atoms with E-state index in [0.717, 1.165) is 29.7 Å². The highest BCUT2D eigenvalue weighted by atomic mass is 16.1. The van der Waals surface area contributed by atoms with E-state index in [-0.39, 0.29) is 17.8 Å². The van der Waals surface area contributed by atoms with Crippen molar-refractivity contribution in [3.8, 4) is 0 Å². The van der Waals surface area contributed by atoms with E-state index in [1.54, 1.807) is 0 Å². The highest BCUT2D eigenvalue weighted by Crippen LogP contribution is 2.28. The summed E-state index contributed by atoms with van der Waals surface area (Å²) in [7, 11) is 0. The molecule has 3 rings (SSSR count). The Morgan fingerprint density at radius 2 is 2.11 bits per heavy atom. The van der Waals surface area contributed by atoms with Crippen LogP contribution in [0.15, 0.2) is 24.3 Å². The lowest BCUT2D eigenvalue weighted by molar-refractivity contribution is -0.121. The van der Waals surface area contributed by atoms with Crippen LogP contribution in [0.25, 0.3) is 10.9 Å². The summed E-state index contributed by atoms with van der Waals surface area (Å²) in [5, 5.41) is 0.946. The maximum absolute atomic E-state index is 11.2. The van der Waals surface area contributed by atoms with Crippen LogP contribution in [0.5, 0.6) is 0 Å². The number of carbonyl (C=O) groups excluding carboxylic acids is 1. The monoisotopic (exact) mass is 257 g/mol. The summed E-state index contributed by atoms with van der Waals surface area (Å²) in [6.45, 7) is 1.35. The van der Waals surface area contributed by atoms with Gasteiger partial charge in [0.15, 0.2) is 0 Å². The molecule has 19 heavy (non-hydrogen) atoms. The molecule has 1 atom stereocenters. The van der Waals surface area contributed by atoms with E-state index < -0.39 is 0 Å². The molecule has 0 saturated carbocycles. The van der Waals surface area contributed by atoms with Crippen LogP contribution in [0.2, 0.25) is 0 Å². The second-order valence-corrected chi connectivity index (χ2v) is 4.76. The number of primary amides is 1. The van der Waals surface area contributed by atoms with Gasteiger partial charge in [-0.2, -0.15) is 4.98 Å². The fourth-order valence-corrected chi connectivity index (χ4v) is 2.50. The maximum atomic E-state index is 11.2. The zero-order valence-electron chi connectivity index (χ0n) is 10.4. The SMILES string of the molecule is NC(=O)C1CCN(c2nc(N)nc3ccccc23)C1. The van der Waals surface area contributed by atoms with Crippen LogP contribution < -0.4 is 16.4 Å². The van der Waals surface area contributed by atoms with Crippen molar-refractivity contribution in [1.82, 2.24) is 9.97 Å². The fourth-order valence-electron chi connectivity index (χ4n) is 2.50. The maximum Gasteiger partial charge on any atom is 0.222 e. The molecule has 0 spiro atoms. The van der Waals surface area contributed by atoms with Gasteiger partial charge in [-0.05, 0) is 18.6 Å². The van der Waals surface area contributed by atoms with Crippen LogP contribution >= 0.6 is 0 Å². The minimum atomic E-state index is -0.256. The Labute approximate surface area is 110 Å². The van der Waals surface area contributed by atoms with Crippen LogP contribution in [0, 0.1) is 5.92 Å². The number of hydrogen-bond acceptors (Lipinski definition) is 5. The van der Waals surface area contributed by atoms with Crippen molar-refractivity contribution in [2.75, 3.05) is 23.7 Å². The summed E-state index contributed by atoms with van der Waals surface area (Å²) in [6, 6.07) is 7.71. The molecule has 0 aliphatic carbocycles. The number of rotatable bonds is 2. The topological polar surface area (TPSA) is 98.1 Å². The lowest BCUT2D eigenvalue weighted by Gasteiger charge is -2.19. The molecule has 2 aromatic rings. The van der Waals surface area contributed by atoms with Gasteiger partial charge in [0.25, 0.3) is 0 Å². The third-order valence-electron chi connectivity index (χ3n) is 3.49. The highest BCUT2D eigenvalue weighted by Gasteiger charge is 2.28. The van der Waals surface area contributed by atoms with Crippen LogP contribution in [0.4, 0.5) is 11.8 Å². The summed E-state index contributed by atoms with van der Waals surface area (Å²) < 4.78 is 0. The quantitative estimate of drug-likeness (QED) is 0.817. The summed E-state index contributed by atoms with van der Waals surface area (Å²) in [6.07, 6.45) is 0.758. The molecule has 1 aliphatic heterocycles. The van der Waals surface area contributed by atoms with Gasteiger partial charge in [0.1, 0.15) is 5.82 Å². The number of aromatic nitrogens is 2. The van der Waals surface area contributed by atoms with Crippen molar-refractivity contribution in [3.63, 3.8) is 0 Å². The third-order valence-corrected chi connectivity index (χ3v) is 3.49. The van der Waals surface area contributed by atoms with Gasteiger partial charge in [0, 0.05) is 18.5 Å². The number of hydrogen-bond donors (Lipinski definition) is 2. The van der Waals surface area contributed by atoms with Crippen LogP contribution in [0.3, 0.4) is 0 Å². The van der Waals surface area contributed by atoms with Crippen molar-refractivity contribution in [1.29, 1.82) is 0 Å². The summed E-state index contributed by atoms with van der Waals surface area (Å²) in [4.78, 5) is 21.8. The average Bonchev–Trinajstić information content (AvgIpc) is 2.87. The lowest BCUT2D eigenvalue weighted by atomic mass is 10.1. The molecule has 1 unspecified atom stereocenters. The van der Waals surface area contributed by atoms with Crippen molar-refractivity contribution in [2.24, 2.45) is 11.7 Å². The van der Waals surface area contributed by atoms with Crippen molar-refractivity contribution in [3.05, 3.63) is 24.3 Å². The van der Waals surface area contributed by atoms with Crippen molar-refractivity contribution < 1.29 is 4.79 Å². The molecule has 1 aliphatic rings. The standard InChI is InChI=1S/C13H15N5O/c14-11(19)8-5-6-18(7-8)12-9-3-1-2-4-10(9)16-13(15)17-12/h1-4,8H,5-7H2,(H2,14,19)(H2,15,16,17). The number of anilines is 2. The van der Waals surface area contributed by atoms with Gasteiger partial charge < -0.3 is 16.4 Å². The number of para-hydroxylation sites is 1. The Kier molecular flexibility index (Phi) is 2.70. The van der Waals surface area contributed by atoms with Crippen molar-refractivity contribution in [2.45, 2.75) is 6.42 Å². The molecular weight excluding hydrogens is 242 g/mol. The summed E-state index contributed by atoms with van der Waals surface area (Å²) >= 11 is 0. The minimum absolute atomic E-state index is 0.116. The summed E-state index contributed by atoms with van der Waals surface area (Å²) in [5.41, 5.74) is 11.9. The Morgan fingerprint density at radius 1 is 1.32 bits per heavy atom. The van der Waals surface area contributed by atoms with E-state index in [4.69, 9.17) is 11.5 Å². The Hall–Kier alpha value is -2.37. The Bertz CT molecular complexity index is 642. The predicted octanol–water partition coefficient (Wildman–Crippen LogP) is 0.524. The van der Waals surface area contributed by atoms with Gasteiger partial charge in [0.05, 0.1) is 11.4 Å². The van der Waals surface area contributed by atoms with E-state index in [0.29, 0.717) is 6.54 Å². The van der Waals surface area contributed by atoms with Crippen LogP contribution in [0.1, 0.15) is 6.42 Å². The van der Waals surface area contributed by atoms with E-state index in [9.17, 15) is 4.79 Å². The van der Waals surface area contributed by atoms with E-state index >= 15 is 0 Å². The van der Waals surface area contributed by atoms with Gasteiger partial charge in [-0.3, -0.25) is 4.79 Å². The number of amides is 1. The van der Waals surface area contributed by atoms with Gasteiger partial charge in [-0.25, -0.2) is 4.98 Å². The first kappa shape index (κ1) is 11.7. The number of carbonyl (C=O) groups is 1. The molecule has 0 radical (unpaired) electrons. The molecule has 6 heteroatoms. The third kappa shape index (κ3) is 2.05. The highest BCUT2D eigenvalue weighted by molar-refractivity contribution is 5.91. The van der Waals surface area contributed by atoms with E-state index in [1.165, 1.54) is 0 Å². The molecule has 4 N–H and O–H groups in total. The summed E-state index contributed by atoms with van der Waals surface area (Å²) in [5.74, 6) is 0.659. The average molecular weight is 257 g/mol. The van der Waals surface area contributed by atoms with Gasteiger partial charge >= 0.3 is 0 Å². The molecule has 2 heterocycles. The number of nitrogens with zero attached hydrogens (tertiary/aromatic N) is 3. The molecule has 98 valence electrons. The predicted molar refractivity (Wildman–Crippen MR) is 73.5 cm³/mol. The normalized spacial score (nSPS) is 18.9. The second kappa shape index (κ2) is 4.38. The molecular formula is C13H15N5O. The Balaban J connectivity index is 2.03. The number of nitrogen functional groups attached to an aromatic ring is 1. The smallest absolute Gasteiger partial charge is 0.222 e. The molecule has 1 amide bonds. The molecule has 1 saturated heterocycles. The zero-order valence-corrected chi connectivity index (χ0v) is 10.4. The first-order valence-corrected chi connectivity index (χ1v) is 6.21. The fraction of sp³-hybridized carbons (Fsp3) is 0.308. The molecule has 0 bridgehead atoms. The van der Waals surface area contributed by atoms with Crippen molar-refractivity contribution >= 4 is 28.6 Å². The lowest BCUT2D eigenvalue weighted by Crippen LogP contribution is -2.28. The van der Waals surface area contributed by atoms with Crippen LogP contribution in [-0.2, 0) is 4.79 Å². The van der Waals surface area contributed by atoms with E-state index in [2.05, 4.69) is 14.9 Å². The zero-order chi connectivity index (χ0) is 13.4. The number of fused-ring (bicyclic) bond motifs is 1. The van der Waals surface area contributed by atoms with Gasteiger partial charge in [0.2, 0.25) is 11.9 Å². The van der Waals surface area contributed by atoms with Crippen LogP contribution in [-0.4, -0.2) is 29.0 Å². The first-order chi connectivity index (χ1) is 9.15. The number of benzene rings is 1. The van der Waals surface area contributed by atoms with Gasteiger partial charge in [-0.15, -0.1) is 0 Å². The molecule has 6 nitrogen and oxygen atoms in total. The Morgan fingerprint density at radius 3 is 2.84 bits per heavy atom. The minimum Gasteiger partial charge on any atom is -0.369 e. The molecule has 1 aromatic carbocycles. The first-order valence-electron chi connectivity index (χ1n) is 6.21. The molecule has 1 fully saturated rings. The van der Waals surface area contributed by atoms with E-state index in [1.807, 2.05) is 24.3 Å². The molecule has 1 aromatic heterocycles.